The molecule has 28 heavy (non-hydrogen) atoms. The molecule has 0 saturated heterocycles. The largest absolute Gasteiger partial charge is 0.293 e. The Bertz CT molecular complexity index is 1090. The Morgan fingerprint density at radius 1 is 0.857 bits per heavy atom. The lowest BCUT2D eigenvalue weighted by molar-refractivity contribution is 0.0982. The van der Waals surface area contributed by atoms with E-state index in [0.29, 0.717) is 32.6 Å². The first-order valence-electron chi connectivity index (χ1n) is 8.95. The van der Waals surface area contributed by atoms with E-state index in [4.69, 9.17) is 28.2 Å². The molecule has 2 nitrogen and oxygen atoms in total. The van der Waals surface area contributed by atoms with Crippen molar-refractivity contribution in [3.63, 3.8) is 0 Å². The average molecular weight is 406 g/mol. The summed E-state index contributed by atoms with van der Waals surface area (Å²) in [5.74, 6) is -0.693. The number of benzene rings is 3. The lowest BCUT2D eigenvalue weighted by Crippen LogP contribution is -2.25. The number of halogens is 2. The Labute approximate surface area is 174 Å². The Kier molecular flexibility index (Phi) is 5.17. The van der Waals surface area contributed by atoms with Crippen LogP contribution in [0.4, 0.5) is 5.69 Å². The molecule has 3 aromatic rings. The maximum atomic E-state index is 13.4. The molecule has 0 bridgehead atoms. The number of hydrogen-bond acceptors (Lipinski definition) is 2. The standard InChI is InChI=1S/C24H17Cl2NO/c1-15-9-11-16(12-10-15)13-14-21-23(22-18(25)6-4-7-19(22)26)24(28)17-5-2-3-8-20(17)27-21/h2-14,23H,1H3. The van der Waals surface area contributed by atoms with Crippen LogP contribution in [-0.4, -0.2) is 11.5 Å². The van der Waals surface area contributed by atoms with Gasteiger partial charge in [0.1, 0.15) is 0 Å². The van der Waals surface area contributed by atoms with Crippen LogP contribution in [0.15, 0.2) is 77.8 Å². The summed E-state index contributed by atoms with van der Waals surface area (Å²) >= 11 is 12.9. The van der Waals surface area contributed by atoms with Crippen molar-refractivity contribution in [2.24, 2.45) is 4.99 Å². The van der Waals surface area contributed by atoms with Crippen molar-refractivity contribution >= 4 is 46.5 Å². The SMILES string of the molecule is Cc1ccc(C=CC2=Nc3ccccc3C(=O)C2c2c(Cl)cccc2Cl)cc1. The van der Waals surface area contributed by atoms with E-state index in [0.717, 1.165) is 5.56 Å². The van der Waals surface area contributed by atoms with Gasteiger partial charge in [-0.3, -0.25) is 9.79 Å². The summed E-state index contributed by atoms with van der Waals surface area (Å²) in [6.45, 7) is 2.05. The number of rotatable bonds is 3. The maximum absolute atomic E-state index is 13.4. The summed E-state index contributed by atoms with van der Waals surface area (Å²) in [5.41, 5.74) is 4.68. The molecule has 1 atom stereocenters. The van der Waals surface area contributed by atoms with Crippen molar-refractivity contribution < 1.29 is 4.79 Å². The van der Waals surface area contributed by atoms with Gasteiger partial charge in [-0.2, -0.15) is 0 Å². The van der Waals surface area contributed by atoms with Gasteiger partial charge in [0, 0.05) is 21.2 Å². The van der Waals surface area contributed by atoms with Crippen LogP contribution < -0.4 is 0 Å². The quantitative estimate of drug-likeness (QED) is 0.458. The number of allylic oxidation sites excluding steroid dienone is 1. The first-order chi connectivity index (χ1) is 13.5. The van der Waals surface area contributed by atoms with Gasteiger partial charge in [-0.15, -0.1) is 0 Å². The van der Waals surface area contributed by atoms with Gasteiger partial charge in [0.25, 0.3) is 0 Å². The van der Waals surface area contributed by atoms with Crippen LogP contribution in [0.5, 0.6) is 0 Å². The minimum Gasteiger partial charge on any atom is -0.293 e. The summed E-state index contributed by atoms with van der Waals surface area (Å²) in [6, 6.07) is 20.8. The van der Waals surface area contributed by atoms with Gasteiger partial charge in [0.15, 0.2) is 5.78 Å². The minimum absolute atomic E-state index is 0.0517. The van der Waals surface area contributed by atoms with Crippen LogP contribution >= 0.6 is 23.2 Å². The molecule has 1 heterocycles. The van der Waals surface area contributed by atoms with Gasteiger partial charge in [-0.1, -0.05) is 77.3 Å². The molecule has 0 saturated carbocycles. The van der Waals surface area contributed by atoms with Crippen molar-refractivity contribution in [3.05, 3.63) is 105 Å². The van der Waals surface area contributed by atoms with E-state index in [1.165, 1.54) is 5.56 Å². The molecule has 0 aliphatic carbocycles. The molecule has 0 radical (unpaired) electrons. The van der Waals surface area contributed by atoms with Crippen LogP contribution in [0, 0.1) is 6.92 Å². The van der Waals surface area contributed by atoms with Crippen LogP contribution in [0.2, 0.25) is 10.0 Å². The summed E-state index contributed by atoms with van der Waals surface area (Å²) in [7, 11) is 0. The van der Waals surface area contributed by atoms with Crippen molar-refractivity contribution in [1.82, 2.24) is 0 Å². The van der Waals surface area contributed by atoms with Crippen LogP contribution in [-0.2, 0) is 0 Å². The molecule has 1 aliphatic rings. The van der Waals surface area contributed by atoms with Crippen LogP contribution in [0.3, 0.4) is 0 Å². The number of fused-ring (bicyclic) bond motifs is 1. The number of hydrogen-bond donors (Lipinski definition) is 0. The average Bonchev–Trinajstić information content (AvgIpc) is 2.69. The number of carbonyl (C=O) groups is 1. The normalized spacial score (nSPS) is 16.2. The number of ketones is 1. The fourth-order valence-electron chi connectivity index (χ4n) is 3.33. The van der Waals surface area contributed by atoms with E-state index >= 15 is 0 Å². The van der Waals surface area contributed by atoms with Gasteiger partial charge in [0.05, 0.1) is 17.3 Å². The highest BCUT2D eigenvalue weighted by Crippen LogP contribution is 2.40. The van der Waals surface area contributed by atoms with Crippen LogP contribution in [0.25, 0.3) is 6.08 Å². The molecule has 4 heteroatoms. The van der Waals surface area contributed by atoms with Gasteiger partial charge >= 0.3 is 0 Å². The third kappa shape index (κ3) is 3.54. The predicted octanol–water partition coefficient (Wildman–Crippen LogP) is 7.07. The second kappa shape index (κ2) is 7.75. The molecular weight excluding hydrogens is 389 g/mol. The number of carbonyl (C=O) groups excluding carboxylic acids is 1. The van der Waals surface area contributed by atoms with Gasteiger partial charge in [-0.05, 0) is 42.8 Å². The minimum atomic E-state index is -0.641. The number of para-hydroxylation sites is 1. The van der Waals surface area contributed by atoms with E-state index in [2.05, 4.69) is 0 Å². The monoisotopic (exact) mass is 405 g/mol. The lowest BCUT2D eigenvalue weighted by Gasteiger charge is -2.24. The zero-order valence-corrected chi connectivity index (χ0v) is 16.7. The van der Waals surface area contributed by atoms with E-state index in [1.807, 2.05) is 61.5 Å². The third-order valence-corrected chi connectivity index (χ3v) is 5.45. The summed E-state index contributed by atoms with van der Waals surface area (Å²) in [4.78, 5) is 18.1. The third-order valence-electron chi connectivity index (χ3n) is 4.79. The fourth-order valence-corrected chi connectivity index (χ4v) is 3.95. The molecule has 0 spiro atoms. The fraction of sp³-hybridized carbons (Fsp3) is 0.0833. The molecule has 1 unspecified atom stereocenters. The Morgan fingerprint density at radius 2 is 1.54 bits per heavy atom. The number of Topliss-reactive ketones (excluding diaryl/α,β-unsaturated/α-hetero) is 1. The zero-order chi connectivity index (χ0) is 19.7. The smallest absolute Gasteiger partial charge is 0.178 e. The van der Waals surface area contributed by atoms with Crippen molar-refractivity contribution in [3.8, 4) is 0 Å². The molecule has 0 fully saturated rings. The first kappa shape index (κ1) is 18.7. The second-order valence-corrected chi connectivity index (χ2v) is 7.54. The number of aryl methyl sites for hydroxylation is 1. The molecule has 1 aliphatic heterocycles. The van der Waals surface area contributed by atoms with E-state index in [1.54, 1.807) is 24.3 Å². The highest BCUT2D eigenvalue weighted by molar-refractivity contribution is 6.38. The molecule has 4 rings (SSSR count). The van der Waals surface area contributed by atoms with Gasteiger partial charge in [0.2, 0.25) is 0 Å². The number of nitrogens with zero attached hydrogens (tertiary/aromatic N) is 1. The van der Waals surface area contributed by atoms with E-state index < -0.39 is 5.92 Å². The molecule has 0 N–H and O–H groups in total. The highest BCUT2D eigenvalue weighted by atomic mass is 35.5. The maximum Gasteiger partial charge on any atom is 0.178 e. The van der Waals surface area contributed by atoms with Gasteiger partial charge in [-0.25, -0.2) is 0 Å². The van der Waals surface area contributed by atoms with Crippen molar-refractivity contribution in [2.45, 2.75) is 12.8 Å². The predicted molar refractivity (Wildman–Crippen MR) is 117 cm³/mol. The zero-order valence-electron chi connectivity index (χ0n) is 15.2. The molecule has 3 aromatic carbocycles. The summed E-state index contributed by atoms with van der Waals surface area (Å²) in [6.07, 6.45) is 3.83. The molecule has 0 aromatic heterocycles. The van der Waals surface area contributed by atoms with Gasteiger partial charge < -0.3 is 0 Å². The molecular formula is C24H17Cl2NO. The van der Waals surface area contributed by atoms with Crippen LogP contribution in [0.1, 0.15) is 33.0 Å². The highest BCUT2D eigenvalue weighted by Gasteiger charge is 2.34. The Balaban J connectivity index is 1.85. The first-order valence-corrected chi connectivity index (χ1v) is 9.70. The number of aliphatic imine (C=N–C) groups is 1. The second-order valence-electron chi connectivity index (χ2n) is 6.73. The molecule has 0 amide bonds. The Hall–Kier alpha value is -2.68. The topological polar surface area (TPSA) is 29.4 Å². The lowest BCUT2D eigenvalue weighted by atomic mass is 9.83. The van der Waals surface area contributed by atoms with Crippen molar-refractivity contribution in [1.29, 1.82) is 0 Å². The Morgan fingerprint density at radius 3 is 2.25 bits per heavy atom. The van der Waals surface area contributed by atoms with Crippen molar-refractivity contribution in [2.75, 3.05) is 0 Å². The summed E-state index contributed by atoms with van der Waals surface area (Å²) in [5, 5.41) is 0.920. The van der Waals surface area contributed by atoms with E-state index in [-0.39, 0.29) is 5.78 Å². The molecule has 138 valence electrons. The summed E-state index contributed by atoms with van der Waals surface area (Å²) < 4.78 is 0. The van der Waals surface area contributed by atoms with E-state index in [9.17, 15) is 4.79 Å².